The molecule has 0 spiro atoms. The summed E-state index contributed by atoms with van der Waals surface area (Å²) in [5.41, 5.74) is 1.62. The molecule has 4 nitrogen and oxygen atoms in total. The van der Waals surface area contributed by atoms with Crippen molar-refractivity contribution in [3.63, 3.8) is 0 Å². The molecule has 78 valence electrons. The van der Waals surface area contributed by atoms with Crippen LogP contribution in [0.25, 0.3) is 22.2 Å². The van der Waals surface area contributed by atoms with Crippen molar-refractivity contribution >= 4 is 11.0 Å². The minimum atomic E-state index is -0.165. The number of benzene rings is 1. The number of fused-ring (bicyclic) bond motifs is 1. The predicted octanol–water partition coefficient (Wildman–Crippen LogP) is 2.18. The zero-order valence-electron chi connectivity index (χ0n) is 8.31. The molecule has 0 amide bonds. The van der Waals surface area contributed by atoms with Crippen molar-refractivity contribution in [1.29, 1.82) is 0 Å². The van der Waals surface area contributed by atoms with Crippen molar-refractivity contribution in [2.24, 2.45) is 0 Å². The van der Waals surface area contributed by atoms with Gasteiger partial charge in [-0.1, -0.05) is 17.3 Å². The third kappa shape index (κ3) is 1.24. The van der Waals surface area contributed by atoms with Gasteiger partial charge in [0, 0.05) is 11.6 Å². The normalized spacial score (nSPS) is 10.8. The fourth-order valence-corrected chi connectivity index (χ4v) is 1.69. The Morgan fingerprint density at radius 2 is 2.00 bits per heavy atom. The van der Waals surface area contributed by atoms with Gasteiger partial charge in [0.1, 0.15) is 5.69 Å². The number of pyridine rings is 1. The van der Waals surface area contributed by atoms with Crippen LogP contribution in [0.5, 0.6) is 0 Å². The maximum atomic E-state index is 11.6. The Kier molecular flexibility index (Phi) is 1.86. The smallest absolute Gasteiger partial charge is 0.257 e. The molecule has 0 radical (unpaired) electrons. The molecular formula is C12H8N2O2. The van der Waals surface area contributed by atoms with Gasteiger partial charge in [-0.05, 0) is 24.3 Å². The lowest BCUT2D eigenvalue weighted by molar-refractivity contribution is 0.459. The van der Waals surface area contributed by atoms with Gasteiger partial charge < -0.3 is 9.51 Å². The quantitative estimate of drug-likeness (QED) is 0.672. The number of aromatic amines is 1. The molecule has 0 bridgehead atoms. The first-order valence-corrected chi connectivity index (χ1v) is 4.89. The number of hydrogen-bond donors (Lipinski definition) is 1. The van der Waals surface area contributed by atoms with Gasteiger partial charge in [0.15, 0.2) is 5.58 Å². The highest BCUT2D eigenvalue weighted by molar-refractivity contribution is 5.90. The van der Waals surface area contributed by atoms with Crippen molar-refractivity contribution < 1.29 is 4.52 Å². The van der Waals surface area contributed by atoms with Crippen LogP contribution in [-0.2, 0) is 0 Å². The first-order valence-electron chi connectivity index (χ1n) is 4.89. The van der Waals surface area contributed by atoms with Crippen LogP contribution < -0.4 is 5.56 Å². The molecule has 2 heterocycles. The first-order chi connectivity index (χ1) is 7.86. The van der Waals surface area contributed by atoms with Gasteiger partial charge in [0.2, 0.25) is 0 Å². The molecule has 0 aliphatic heterocycles. The zero-order valence-corrected chi connectivity index (χ0v) is 8.31. The predicted molar refractivity (Wildman–Crippen MR) is 60.1 cm³/mol. The van der Waals surface area contributed by atoms with Gasteiger partial charge in [-0.3, -0.25) is 4.79 Å². The summed E-state index contributed by atoms with van der Waals surface area (Å²) in [5.74, 6) is 0. The van der Waals surface area contributed by atoms with Crippen molar-refractivity contribution in [3.8, 4) is 11.3 Å². The highest BCUT2D eigenvalue weighted by Gasteiger charge is 2.11. The molecular weight excluding hydrogens is 204 g/mol. The number of para-hydroxylation sites is 1. The van der Waals surface area contributed by atoms with Crippen molar-refractivity contribution in [2.45, 2.75) is 0 Å². The van der Waals surface area contributed by atoms with E-state index >= 15 is 0 Å². The molecule has 0 fully saturated rings. The summed E-state index contributed by atoms with van der Waals surface area (Å²) in [5, 5.41) is 4.78. The van der Waals surface area contributed by atoms with E-state index in [1.165, 1.54) is 0 Å². The molecule has 3 aromatic rings. The van der Waals surface area contributed by atoms with E-state index in [9.17, 15) is 4.79 Å². The van der Waals surface area contributed by atoms with Crippen molar-refractivity contribution in [1.82, 2.24) is 10.1 Å². The minimum Gasteiger partial charge on any atom is -0.356 e. The molecule has 0 unspecified atom stereocenters. The molecule has 1 aromatic carbocycles. The number of aromatic nitrogens is 2. The highest BCUT2D eigenvalue weighted by Crippen LogP contribution is 2.24. The Bertz CT molecular complexity index is 697. The van der Waals surface area contributed by atoms with Crippen LogP contribution in [0, 0.1) is 0 Å². The van der Waals surface area contributed by atoms with Crippen LogP contribution in [0.3, 0.4) is 0 Å². The Hall–Kier alpha value is -2.36. The van der Waals surface area contributed by atoms with Gasteiger partial charge in [-0.25, -0.2) is 0 Å². The van der Waals surface area contributed by atoms with Gasteiger partial charge in [0.25, 0.3) is 5.56 Å². The van der Waals surface area contributed by atoms with E-state index in [1.54, 1.807) is 18.3 Å². The van der Waals surface area contributed by atoms with E-state index in [2.05, 4.69) is 10.1 Å². The van der Waals surface area contributed by atoms with Gasteiger partial charge in [0.05, 0.1) is 5.56 Å². The number of H-pyrrole nitrogens is 1. The van der Waals surface area contributed by atoms with Gasteiger partial charge in [-0.2, -0.15) is 0 Å². The Morgan fingerprint density at radius 1 is 1.12 bits per heavy atom. The van der Waals surface area contributed by atoms with Crippen LogP contribution >= 0.6 is 0 Å². The third-order valence-electron chi connectivity index (χ3n) is 2.45. The molecule has 16 heavy (non-hydrogen) atoms. The summed E-state index contributed by atoms with van der Waals surface area (Å²) in [6.45, 7) is 0. The third-order valence-corrected chi connectivity index (χ3v) is 2.45. The Labute approximate surface area is 90.5 Å². The lowest BCUT2D eigenvalue weighted by Gasteiger charge is -1.93. The summed E-state index contributed by atoms with van der Waals surface area (Å²) < 4.78 is 5.16. The molecule has 3 rings (SSSR count). The largest absolute Gasteiger partial charge is 0.356 e. The number of rotatable bonds is 1. The summed E-state index contributed by atoms with van der Waals surface area (Å²) >= 11 is 0. The monoisotopic (exact) mass is 212 g/mol. The first kappa shape index (κ1) is 8.91. The Balaban J connectivity index is 2.35. The van der Waals surface area contributed by atoms with Crippen molar-refractivity contribution in [2.75, 3.05) is 0 Å². The summed E-state index contributed by atoms with van der Waals surface area (Å²) in [7, 11) is 0. The molecule has 1 N–H and O–H groups in total. The van der Waals surface area contributed by atoms with E-state index in [0.717, 1.165) is 5.39 Å². The molecule has 0 atom stereocenters. The molecule has 4 heteroatoms. The van der Waals surface area contributed by atoms with Crippen LogP contribution in [0.2, 0.25) is 0 Å². The summed E-state index contributed by atoms with van der Waals surface area (Å²) in [6, 6.07) is 11.0. The minimum absolute atomic E-state index is 0.165. The lowest BCUT2D eigenvalue weighted by atomic mass is 10.1. The summed E-state index contributed by atoms with van der Waals surface area (Å²) in [4.78, 5) is 14.2. The lowest BCUT2D eigenvalue weighted by Crippen LogP contribution is -2.07. The number of nitrogens with zero attached hydrogens (tertiary/aromatic N) is 1. The van der Waals surface area contributed by atoms with E-state index in [1.807, 2.05) is 24.3 Å². The second-order valence-corrected chi connectivity index (χ2v) is 3.44. The number of hydrogen-bond acceptors (Lipinski definition) is 3. The van der Waals surface area contributed by atoms with Crippen molar-refractivity contribution in [3.05, 3.63) is 52.9 Å². The molecule has 0 saturated carbocycles. The SMILES string of the molecule is O=c1[nH]cccc1-c1noc2ccccc12. The highest BCUT2D eigenvalue weighted by atomic mass is 16.5. The van der Waals surface area contributed by atoms with E-state index < -0.39 is 0 Å². The van der Waals surface area contributed by atoms with Crippen LogP contribution in [0.4, 0.5) is 0 Å². The van der Waals surface area contributed by atoms with Crippen LogP contribution in [0.15, 0.2) is 51.9 Å². The average Bonchev–Trinajstić information content (AvgIpc) is 2.74. The standard InChI is InChI=1S/C12H8N2O2/c15-12-9(5-3-7-13-12)11-8-4-1-2-6-10(8)16-14-11/h1-7H,(H,13,15). The molecule has 0 aliphatic carbocycles. The van der Waals surface area contributed by atoms with E-state index in [-0.39, 0.29) is 5.56 Å². The average molecular weight is 212 g/mol. The fourth-order valence-electron chi connectivity index (χ4n) is 1.69. The van der Waals surface area contributed by atoms with Gasteiger partial charge >= 0.3 is 0 Å². The molecule has 0 saturated heterocycles. The second kappa shape index (κ2) is 3.34. The Morgan fingerprint density at radius 3 is 2.88 bits per heavy atom. The second-order valence-electron chi connectivity index (χ2n) is 3.44. The molecule has 2 aromatic heterocycles. The van der Waals surface area contributed by atoms with Crippen LogP contribution in [0.1, 0.15) is 0 Å². The van der Waals surface area contributed by atoms with Gasteiger partial charge in [-0.15, -0.1) is 0 Å². The maximum absolute atomic E-state index is 11.6. The van der Waals surface area contributed by atoms with E-state index in [0.29, 0.717) is 16.8 Å². The zero-order chi connectivity index (χ0) is 11.0. The summed E-state index contributed by atoms with van der Waals surface area (Å²) in [6.07, 6.45) is 1.59. The van der Waals surface area contributed by atoms with Crippen LogP contribution in [-0.4, -0.2) is 10.1 Å². The fraction of sp³-hybridized carbons (Fsp3) is 0. The molecule has 0 aliphatic rings. The number of nitrogens with one attached hydrogen (secondary N) is 1. The van der Waals surface area contributed by atoms with E-state index in [4.69, 9.17) is 4.52 Å². The topological polar surface area (TPSA) is 58.9 Å². The maximum Gasteiger partial charge on any atom is 0.257 e.